The molecule has 1 unspecified atom stereocenters. The highest BCUT2D eigenvalue weighted by Crippen LogP contribution is 2.20. The Morgan fingerprint density at radius 2 is 2.56 bits per heavy atom. The van der Waals surface area contributed by atoms with Gasteiger partial charge in [-0.25, -0.2) is 0 Å². The van der Waals surface area contributed by atoms with E-state index in [9.17, 15) is 0 Å². The predicted molar refractivity (Wildman–Crippen MR) is 38.1 cm³/mol. The zero-order valence-corrected chi connectivity index (χ0v) is 5.51. The fourth-order valence-corrected chi connectivity index (χ4v) is 1.09. The fourth-order valence-electron chi connectivity index (χ4n) is 1.09. The van der Waals surface area contributed by atoms with Gasteiger partial charge in [0.25, 0.3) is 0 Å². The molecular weight excluding hydrogens is 112 g/mol. The number of aliphatic hydroxyl groups excluding tert-OH is 1. The second-order valence-electron chi connectivity index (χ2n) is 2.55. The summed E-state index contributed by atoms with van der Waals surface area (Å²) < 4.78 is 0. The summed E-state index contributed by atoms with van der Waals surface area (Å²) in [5.41, 5.74) is 1.14. The molecule has 1 atom stereocenters. The van der Waals surface area contributed by atoms with Crippen molar-refractivity contribution in [1.29, 1.82) is 0 Å². The highest BCUT2D eigenvalue weighted by molar-refractivity contribution is 5.18. The van der Waals surface area contributed by atoms with Crippen LogP contribution in [0.3, 0.4) is 0 Å². The SMILES string of the molecule is C=C1C=CCC(CO)C1. The molecule has 0 aliphatic heterocycles. The molecule has 0 saturated carbocycles. The molecule has 0 aromatic carbocycles. The maximum atomic E-state index is 8.73. The van der Waals surface area contributed by atoms with Gasteiger partial charge < -0.3 is 5.11 Å². The minimum absolute atomic E-state index is 0.295. The van der Waals surface area contributed by atoms with Gasteiger partial charge in [0.1, 0.15) is 0 Å². The smallest absolute Gasteiger partial charge is 0.0465 e. The van der Waals surface area contributed by atoms with Gasteiger partial charge in [-0.15, -0.1) is 0 Å². The van der Waals surface area contributed by atoms with Gasteiger partial charge >= 0.3 is 0 Å². The quantitative estimate of drug-likeness (QED) is 0.561. The summed E-state index contributed by atoms with van der Waals surface area (Å²) in [6, 6.07) is 0. The van der Waals surface area contributed by atoms with Crippen LogP contribution in [0, 0.1) is 5.92 Å². The van der Waals surface area contributed by atoms with Crippen molar-refractivity contribution in [3.05, 3.63) is 24.3 Å². The minimum Gasteiger partial charge on any atom is -0.396 e. The van der Waals surface area contributed by atoms with Gasteiger partial charge in [-0.05, 0) is 18.8 Å². The van der Waals surface area contributed by atoms with Crippen LogP contribution in [0.5, 0.6) is 0 Å². The molecule has 1 aliphatic rings. The van der Waals surface area contributed by atoms with Crippen LogP contribution in [0.25, 0.3) is 0 Å². The van der Waals surface area contributed by atoms with E-state index in [0.29, 0.717) is 12.5 Å². The Hall–Kier alpha value is -0.560. The number of aliphatic hydroxyl groups is 1. The van der Waals surface area contributed by atoms with Gasteiger partial charge in [0, 0.05) is 6.61 Å². The van der Waals surface area contributed by atoms with Crippen molar-refractivity contribution >= 4 is 0 Å². The molecule has 0 bridgehead atoms. The van der Waals surface area contributed by atoms with E-state index in [4.69, 9.17) is 5.11 Å². The maximum Gasteiger partial charge on any atom is 0.0465 e. The second kappa shape index (κ2) is 2.83. The highest BCUT2D eigenvalue weighted by Gasteiger charge is 2.09. The Morgan fingerprint density at radius 3 is 3.00 bits per heavy atom. The first kappa shape index (κ1) is 6.56. The largest absolute Gasteiger partial charge is 0.396 e. The molecular formula is C8H12O. The van der Waals surface area contributed by atoms with Crippen molar-refractivity contribution in [3.63, 3.8) is 0 Å². The van der Waals surface area contributed by atoms with Crippen molar-refractivity contribution in [3.8, 4) is 0 Å². The monoisotopic (exact) mass is 124 g/mol. The number of hydrogen-bond acceptors (Lipinski definition) is 1. The zero-order valence-electron chi connectivity index (χ0n) is 5.51. The first-order valence-corrected chi connectivity index (χ1v) is 3.28. The van der Waals surface area contributed by atoms with E-state index in [1.165, 1.54) is 0 Å². The predicted octanol–water partition coefficient (Wildman–Crippen LogP) is 1.50. The summed E-state index contributed by atoms with van der Waals surface area (Å²) in [5, 5.41) is 8.73. The average molecular weight is 124 g/mol. The van der Waals surface area contributed by atoms with Gasteiger partial charge in [0.15, 0.2) is 0 Å². The van der Waals surface area contributed by atoms with Crippen LogP contribution in [0.2, 0.25) is 0 Å². The lowest BCUT2D eigenvalue weighted by Crippen LogP contribution is -2.07. The van der Waals surface area contributed by atoms with E-state index in [1.54, 1.807) is 0 Å². The van der Waals surface area contributed by atoms with E-state index < -0.39 is 0 Å². The summed E-state index contributed by atoms with van der Waals surface area (Å²) in [6.45, 7) is 4.11. The van der Waals surface area contributed by atoms with E-state index >= 15 is 0 Å². The number of allylic oxidation sites excluding steroid dienone is 3. The maximum absolute atomic E-state index is 8.73. The van der Waals surface area contributed by atoms with Gasteiger partial charge in [0.05, 0.1) is 0 Å². The van der Waals surface area contributed by atoms with Crippen LogP contribution >= 0.6 is 0 Å². The van der Waals surface area contributed by atoms with Crippen LogP contribution < -0.4 is 0 Å². The van der Waals surface area contributed by atoms with Crippen molar-refractivity contribution in [2.45, 2.75) is 12.8 Å². The van der Waals surface area contributed by atoms with Gasteiger partial charge in [-0.1, -0.05) is 24.3 Å². The molecule has 9 heavy (non-hydrogen) atoms. The Kier molecular flexibility index (Phi) is 2.06. The Balaban J connectivity index is 2.47. The molecule has 1 nitrogen and oxygen atoms in total. The standard InChI is InChI=1S/C8H12O/c1-7-3-2-4-8(5-7)6-9/h2-3,8-9H,1,4-6H2. The third kappa shape index (κ3) is 1.68. The normalized spacial score (nSPS) is 26.8. The summed E-state index contributed by atoms with van der Waals surface area (Å²) in [7, 11) is 0. The zero-order chi connectivity index (χ0) is 6.69. The summed E-state index contributed by atoms with van der Waals surface area (Å²) >= 11 is 0. The fraction of sp³-hybridized carbons (Fsp3) is 0.500. The van der Waals surface area contributed by atoms with Crippen molar-refractivity contribution in [2.75, 3.05) is 6.61 Å². The Morgan fingerprint density at radius 1 is 1.78 bits per heavy atom. The van der Waals surface area contributed by atoms with Crippen LogP contribution in [-0.4, -0.2) is 11.7 Å². The van der Waals surface area contributed by atoms with Crippen molar-refractivity contribution < 1.29 is 5.11 Å². The van der Waals surface area contributed by atoms with E-state index in [-0.39, 0.29) is 0 Å². The molecule has 0 fully saturated rings. The molecule has 0 aromatic heterocycles. The van der Waals surface area contributed by atoms with Crippen LogP contribution in [0.15, 0.2) is 24.3 Å². The van der Waals surface area contributed by atoms with Crippen LogP contribution in [-0.2, 0) is 0 Å². The van der Waals surface area contributed by atoms with Gasteiger partial charge in [0.2, 0.25) is 0 Å². The molecule has 1 rings (SSSR count). The molecule has 1 aliphatic carbocycles. The van der Waals surface area contributed by atoms with Crippen LogP contribution in [0.1, 0.15) is 12.8 Å². The molecule has 0 heterocycles. The van der Waals surface area contributed by atoms with Crippen molar-refractivity contribution in [2.24, 2.45) is 5.92 Å². The Labute approximate surface area is 55.7 Å². The third-order valence-corrected chi connectivity index (χ3v) is 1.63. The third-order valence-electron chi connectivity index (χ3n) is 1.63. The molecule has 1 heteroatoms. The van der Waals surface area contributed by atoms with Gasteiger partial charge in [-0.2, -0.15) is 0 Å². The molecule has 0 amide bonds. The lowest BCUT2D eigenvalue weighted by Gasteiger charge is -2.15. The Bertz CT molecular complexity index is 136. The number of rotatable bonds is 1. The van der Waals surface area contributed by atoms with Crippen molar-refractivity contribution in [1.82, 2.24) is 0 Å². The average Bonchev–Trinajstić information content (AvgIpc) is 1.88. The molecule has 0 saturated heterocycles. The first-order valence-electron chi connectivity index (χ1n) is 3.28. The van der Waals surface area contributed by atoms with Crippen LogP contribution in [0.4, 0.5) is 0 Å². The molecule has 0 radical (unpaired) electrons. The van der Waals surface area contributed by atoms with E-state index in [2.05, 4.69) is 12.7 Å². The van der Waals surface area contributed by atoms with E-state index in [1.807, 2.05) is 6.08 Å². The molecule has 0 spiro atoms. The molecule has 50 valence electrons. The topological polar surface area (TPSA) is 20.2 Å². The minimum atomic E-state index is 0.295. The molecule has 1 N–H and O–H groups in total. The summed E-state index contributed by atoms with van der Waals surface area (Å²) in [4.78, 5) is 0. The summed E-state index contributed by atoms with van der Waals surface area (Å²) in [6.07, 6.45) is 6.08. The lowest BCUT2D eigenvalue weighted by molar-refractivity contribution is 0.225. The lowest BCUT2D eigenvalue weighted by atomic mass is 9.92. The summed E-state index contributed by atoms with van der Waals surface area (Å²) in [5.74, 6) is 0.433. The molecule has 0 aromatic rings. The van der Waals surface area contributed by atoms with E-state index in [0.717, 1.165) is 18.4 Å². The number of hydrogen-bond donors (Lipinski definition) is 1. The second-order valence-corrected chi connectivity index (χ2v) is 2.55. The highest BCUT2D eigenvalue weighted by atomic mass is 16.3. The van der Waals surface area contributed by atoms with Gasteiger partial charge in [-0.3, -0.25) is 0 Å². The first-order chi connectivity index (χ1) is 4.33.